The van der Waals surface area contributed by atoms with Gasteiger partial charge in [0.1, 0.15) is 0 Å². The number of benzene rings is 2. The summed E-state index contributed by atoms with van der Waals surface area (Å²) in [6.45, 7) is 6.52. The Morgan fingerprint density at radius 2 is 1.73 bits per heavy atom. The fourth-order valence-corrected chi connectivity index (χ4v) is 4.23. The molecule has 3 rings (SSSR count). The highest BCUT2D eigenvalue weighted by Gasteiger charge is 2.36. The van der Waals surface area contributed by atoms with Crippen molar-refractivity contribution in [1.29, 1.82) is 0 Å². The van der Waals surface area contributed by atoms with E-state index in [0.29, 0.717) is 6.42 Å². The number of halogens is 2. The molecule has 0 aliphatic heterocycles. The lowest BCUT2D eigenvalue weighted by molar-refractivity contribution is 0.0981. The first-order valence-corrected chi connectivity index (χ1v) is 9.12. The normalized spacial score (nSPS) is 14.6. The van der Waals surface area contributed by atoms with Gasteiger partial charge < -0.3 is 0 Å². The SMILES string of the molecule is CCCC(=O)c1cc2c(cc1Br)C(C)(C)c1cc(Br)ccc1-2. The first-order valence-electron chi connectivity index (χ1n) is 7.54. The van der Waals surface area contributed by atoms with Gasteiger partial charge in [-0.1, -0.05) is 58.7 Å². The number of hydrogen-bond acceptors (Lipinski definition) is 1. The van der Waals surface area contributed by atoms with Gasteiger partial charge in [0.25, 0.3) is 0 Å². The van der Waals surface area contributed by atoms with E-state index in [9.17, 15) is 4.79 Å². The van der Waals surface area contributed by atoms with Gasteiger partial charge in [-0.15, -0.1) is 0 Å². The molecule has 0 amide bonds. The van der Waals surface area contributed by atoms with Crippen molar-refractivity contribution in [3.8, 4) is 11.1 Å². The Morgan fingerprint density at radius 3 is 2.41 bits per heavy atom. The van der Waals surface area contributed by atoms with Gasteiger partial charge in [0.2, 0.25) is 0 Å². The van der Waals surface area contributed by atoms with E-state index in [1.54, 1.807) is 0 Å². The number of carbonyl (C=O) groups excluding carboxylic acids is 1. The Kier molecular flexibility index (Phi) is 4.07. The predicted octanol–water partition coefficient (Wildman–Crippen LogP) is 6.50. The average Bonchev–Trinajstić information content (AvgIpc) is 2.67. The Hall–Kier alpha value is -0.930. The summed E-state index contributed by atoms with van der Waals surface area (Å²) in [6.07, 6.45) is 1.46. The standard InChI is InChI=1S/C19H18Br2O/c1-4-5-18(22)14-9-13-12-7-6-11(20)8-15(12)19(2,3)16(13)10-17(14)21/h6-10H,4-5H2,1-3H3. The Labute approximate surface area is 148 Å². The first kappa shape index (κ1) is 15.9. The Bertz CT molecular complexity index is 775. The quantitative estimate of drug-likeness (QED) is 0.516. The predicted molar refractivity (Wildman–Crippen MR) is 98.6 cm³/mol. The van der Waals surface area contributed by atoms with Crippen molar-refractivity contribution in [2.45, 2.75) is 39.0 Å². The Balaban J connectivity index is 2.24. The molecule has 0 saturated heterocycles. The summed E-state index contributed by atoms with van der Waals surface area (Å²) in [7, 11) is 0. The van der Waals surface area contributed by atoms with Gasteiger partial charge in [-0.05, 0) is 52.9 Å². The fraction of sp³-hybridized carbons (Fsp3) is 0.316. The minimum Gasteiger partial charge on any atom is -0.294 e. The first-order chi connectivity index (χ1) is 10.4. The molecule has 0 atom stereocenters. The maximum atomic E-state index is 12.4. The van der Waals surface area contributed by atoms with E-state index in [2.05, 4.69) is 76.0 Å². The van der Waals surface area contributed by atoms with Crippen LogP contribution in [0.4, 0.5) is 0 Å². The highest BCUT2D eigenvalue weighted by Crippen LogP contribution is 2.50. The third kappa shape index (κ3) is 2.39. The van der Waals surface area contributed by atoms with Gasteiger partial charge in [-0.3, -0.25) is 4.79 Å². The zero-order chi connectivity index (χ0) is 16.1. The van der Waals surface area contributed by atoms with Crippen LogP contribution in [-0.2, 0) is 5.41 Å². The van der Waals surface area contributed by atoms with Gasteiger partial charge in [-0.25, -0.2) is 0 Å². The summed E-state index contributed by atoms with van der Waals surface area (Å²) in [5, 5.41) is 0. The zero-order valence-electron chi connectivity index (χ0n) is 13.0. The molecule has 0 heterocycles. The monoisotopic (exact) mass is 420 g/mol. The second-order valence-corrected chi connectivity index (χ2v) is 8.14. The number of hydrogen-bond donors (Lipinski definition) is 0. The van der Waals surface area contributed by atoms with Crippen molar-refractivity contribution < 1.29 is 4.79 Å². The van der Waals surface area contributed by atoms with Gasteiger partial charge in [0.05, 0.1) is 0 Å². The molecule has 0 fully saturated rings. The summed E-state index contributed by atoms with van der Waals surface area (Å²) >= 11 is 7.17. The van der Waals surface area contributed by atoms with Crippen LogP contribution in [0.1, 0.15) is 55.1 Å². The molecule has 1 aliphatic rings. The Morgan fingerprint density at radius 1 is 1.05 bits per heavy atom. The number of carbonyl (C=O) groups is 1. The molecule has 0 unspecified atom stereocenters. The van der Waals surface area contributed by atoms with Crippen LogP contribution < -0.4 is 0 Å². The molecule has 0 aromatic heterocycles. The van der Waals surface area contributed by atoms with Crippen LogP contribution >= 0.6 is 31.9 Å². The molecule has 3 heteroatoms. The van der Waals surface area contributed by atoms with Crippen LogP contribution in [0.5, 0.6) is 0 Å². The summed E-state index contributed by atoms with van der Waals surface area (Å²) < 4.78 is 2.00. The maximum Gasteiger partial charge on any atom is 0.164 e. The minimum atomic E-state index is -0.0523. The van der Waals surface area contributed by atoms with Crippen LogP contribution in [0.2, 0.25) is 0 Å². The molecule has 22 heavy (non-hydrogen) atoms. The van der Waals surface area contributed by atoms with E-state index < -0.39 is 0 Å². The minimum absolute atomic E-state index is 0.0523. The third-order valence-corrected chi connectivity index (χ3v) is 5.65. The van der Waals surface area contributed by atoms with E-state index in [0.717, 1.165) is 20.9 Å². The highest BCUT2D eigenvalue weighted by atomic mass is 79.9. The molecular weight excluding hydrogens is 404 g/mol. The van der Waals surface area contributed by atoms with Crippen LogP contribution in [0.15, 0.2) is 39.3 Å². The topological polar surface area (TPSA) is 17.1 Å². The van der Waals surface area contributed by atoms with E-state index in [1.165, 1.54) is 22.3 Å². The number of fused-ring (bicyclic) bond motifs is 3. The van der Waals surface area contributed by atoms with Gasteiger partial charge in [0, 0.05) is 26.3 Å². The lowest BCUT2D eigenvalue weighted by Gasteiger charge is -2.22. The summed E-state index contributed by atoms with van der Waals surface area (Å²) in [4.78, 5) is 12.4. The molecule has 0 N–H and O–H groups in total. The van der Waals surface area contributed by atoms with Crippen LogP contribution in [0.25, 0.3) is 11.1 Å². The number of ketones is 1. The van der Waals surface area contributed by atoms with E-state index in [1.807, 2.05) is 6.92 Å². The molecule has 0 saturated carbocycles. The molecular formula is C19H18Br2O. The average molecular weight is 422 g/mol. The van der Waals surface area contributed by atoms with Gasteiger partial charge >= 0.3 is 0 Å². The highest BCUT2D eigenvalue weighted by molar-refractivity contribution is 9.10. The molecule has 2 aromatic rings. The van der Waals surface area contributed by atoms with Gasteiger partial charge in [0.15, 0.2) is 5.78 Å². The largest absolute Gasteiger partial charge is 0.294 e. The second-order valence-electron chi connectivity index (χ2n) is 6.37. The van der Waals surface area contributed by atoms with Crippen molar-refractivity contribution >= 4 is 37.6 Å². The molecule has 1 nitrogen and oxygen atoms in total. The number of rotatable bonds is 3. The van der Waals surface area contributed by atoms with Crippen LogP contribution in [0.3, 0.4) is 0 Å². The van der Waals surface area contributed by atoms with Crippen molar-refractivity contribution in [2.75, 3.05) is 0 Å². The summed E-state index contributed by atoms with van der Waals surface area (Å²) in [6, 6.07) is 10.6. The van der Waals surface area contributed by atoms with E-state index in [4.69, 9.17) is 0 Å². The van der Waals surface area contributed by atoms with E-state index in [-0.39, 0.29) is 11.2 Å². The summed E-state index contributed by atoms with van der Waals surface area (Å²) in [5.41, 5.74) is 5.76. The molecule has 0 radical (unpaired) electrons. The van der Waals surface area contributed by atoms with E-state index >= 15 is 0 Å². The maximum absolute atomic E-state index is 12.4. The fourth-order valence-electron chi connectivity index (χ4n) is 3.30. The zero-order valence-corrected chi connectivity index (χ0v) is 16.1. The van der Waals surface area contributed by atoms with Crippen molar-refractivity contribution in [3.63, 3.8) is 0 Å². The molecule has 2 aromatic carbocycles. The smallest absolute Gasteiger partial charge is 0.164 e. The lowest BCUT2D eigenvalue weighted by Crippen LogP contribution is -2.15. The third-order valence-electron chi connectivity index (χ3n) is 4.50. The van der Waals surface area contributed by atoms with Gasteiger partial charge in [-0.2, -0.15) is 0 Å². The lowest BCUT2D eigenvalue weighted by atomic mass is 9.82. The molecule has 0 bridgehead atoms. The number of Topliss-reactive ketones (excluding diaryl/α,β-unsaturated/α-hetero) is 1. The summed E-state index contributed by atoms with van der Waals surface area (Å²) in [5.74, 6) is 0.209. The van der Waals surface area contributed by atoms with Crippen molar-refractivity contribution in [3.05, 3.63) is 56.0 Å². The van der Waals surface area contributed by atoms with Crippen molar-refractivity contribution in [2.24, 2.45) is 0 Å². The molecule has 0 spiro atoms. The van der Waals surface area contributed by atoms with Crippen LogP contribution in [0, 0.1) is 0 Å². The van der Waals surface area contributed by atoms with Crippen molar-refractivity contribution in [1.82, 2.24) is 0 Å². The molecule has 114 valence electrons. The second kappa shape index (κ2) is 5.61. The molecule has 1 aliphatic carbocycles. The van der Waals surface area contributed by atoms with Crippen LogP contribution in [-0.4, -0.2) is 5.78 Å².